The molecular formula is C30H29FN2O4. The number of fused-ring (bicyclic) bond motifs is 2. The molecule has 2 N–H and O–H groups in total. The van der Waals surface area contributed by atoms with Crippen LogP contribution >= 0.6 is 0 Å². The summed E-state index contributed by atoms with van der Waals surface area (Å²) in [5, 5.41) is 15.0. The van der Waals surface area contributed by atoms with Crippen LogP contribution in [0.4, 0.5) is 15.8 Å². The van der Waals surface area contributed by atoms with Gasteiger partial charge in [0.25, 0.3) is 0 Å². The first-order chi connectivity index (χ1) is 18.1. The molecule has 1 aliphatic heterocycles. The molecule has 37 heavy (non-hydrogen) atoms. The lowest BCUT2D eigenvalue weighted by Gasteiger charge is -2.36. The molecule has 4 aromatic carbocycles. The van der Waals surface area contributed by atoms with Gasteiger partial charge in [0.15, 0.2) is 6.61 Å². The molecular weight excluding hydrogens is 471 g/mol. The second-order valence-corrected chi connectivity index (χ2v) is 9.07. The van der Waals surface area contributed by atoms with Crippen LogP contribution in [0.1, 0.15) is 12.0 Å². The molecule has 7 heteroatoms. The molecule has 1 heterocycles. The summed E-state index contributed by atoms with van der Waals surface area (Å²) in [6.45, 7) is 1.74. The molecule has 0 amide bonds. The van der Waals surface area contributed by atoms with Crippen molar-refractivity contribution >= 4 is 28.1 Å². The van der Waals surface area contributed by atoms with E-state index < -0.39 is 12.6 Å². The van der Waals surface area contributed by atoms with Gasteiger partial charge in [0.05, 0.1) is 12.2 Å². The van der Waals surface area contributed by atoms with Crippen LogP contribution in [-0.4, -0.2) is 43.4 Å². The summed E-state index contributed by atoms with van der Waals surface area (Å²) in [5.74, 6) is -0.336. The van der Waals surface area contributed by atoms with E-state index in [1.165, 1.54) is 28.5 Å². The maximum absolute atomic E-state index is 14.1. The van der Waals surface area contributed by atoms with Gasteiger partial charge in [-0.05, 0) is 66.5 Å². The zero-order chi connectivity index (χ0) is 25.6. The Morgan fingerprint density at radius 3 is 2.76 bits per heavy atom. The van der Waals surface area contributed by atoms with Gasteiger partial charge in [-0.1, -0.05) is 48.5 Å². The Balaban J connectivity index is 1.23. The van der Waals surface area contributed by atoms with Crippen LogP contribution in [0.5, 0.6) is 11.5 Å². The van der Waals surface area contributed by atoms with Crippen LogP contribution in [-0.2, 0) is 11.2 Å². The summed E-state index contributed by atoms with van der Waals surface area (Å²) in [4.78, 5) is 12.9. The number of halogens is 1. The Morgan fingerprint density at radius 1 is 1.03 bits per heavy atom. The SMILES string of the molecule is O=C(O)COc1cccc(N2C[C@@H](CCNCCc3cccc4ccccc34)Oc3ccc(F)cc32)c1. The highest BCUT2D eigenvalue weighted by molar-refractivity contribution is 5.85. The van der Waals surface area contributed by atoms with Crippen LogP contribution in [0.3, 0.4) is 0 Å². The Bertz CT molecular complexity index is 1390. The minimum absolute atomic E-state index is 0.105. The summed E-state index contributed by atoms with van der Waals surface area (Å²) in [7, 11) is 0. The van der Waals surface area contributed by atoms with E-state index in [0.717, 1.165) is 31.6 Å². The average molecular weight is 501 g/mol. The number of carboxylic acid groups (broad SMARTS) is 1. The van der Waals surface area contributed by atoms with Crippen molar-refractivity contribution in [2.75, 3.05) is 31.1 Å². The minimum Gasteiger partial charge on any atom is -0.486 e. The zero-order valence-electron chi connectivity index (χ0n) is 20.4. The van der Waals surface area contributed by atoms with E-state index in [9.17, 15) is 9.18 Å². The van der Waals surface area contributed by atoms with Crippen LogP contribution < -0.4 is 19.7 Å². The molecule has 0 saturated carbocycles. The van der Waals surface area contributed by atoms with Crippen molar-refractivity contribution in [1.29, 1.82) is 0 Å². The highest BCUT2D eigenvalue weighted by atomic mass is 19.1. The smallest absolute Gasteiger partial charge is 0.341 e. The minimum atomic E-state index is -1.04. The summed E-state index contributed by atoms with van der Waals surface area (Å²) in [6, 6.07) is 26.5. The third-order valence-electron chi connectivity index (χ3n) is 6.48. The quantitative estimate of drug-likeness (QED) is 0.278. The highest BCUT2D eigenvalue weighted by Gasteiger charge is 2.27. The number of rotatable bonds is 10. The molecule has 1 aliphatic rings. The maximum Gasteiger partial charge on any atom is 0.341 e. The second-order valence-electron chi connectivity index (χ2n) is 9.07. The van der Waals surface area contributed by atoms with E-state index >= 15 is 0 Å². The highest BCUT2D eigenvalue weighted by Crippen LogP contribution is 2.40. The standard InChI is InChI=1S/C30H29FN2O4/c31-23-11-12-29-28(17-23)33(24-8-4-9-25(18-24)36-20-30(34)35)19-26(37-29)14-16-32-15-13-22-7-3-6-21-5-1-2-10-27(21)22/h1-12,17-18,26,32H,13-16,19-20H2,(H,34,35)/t26-/m1/s1. The van der Waals surface area contributed by atoms with E-state index in [-0.39, 0.29) is 11.9 Å². The van der Waals surface area contributed by atoms with Crippen molar-refractivity contribution in [2.45, 2.75) is 18.9 Å². The molecule has 0 fully saturated rings. The third kappa shape index (κ3) is 6.01. The zero-order valence-corrected chi connectivity index (χ0v) is 20.4. The lowest BCUT2D eigenvalue weighted by molar-refractivity contribution is -0.139. The van der Waals surface area contributed by atoms with Crippen molar-refractivity contribution in [3.05, 3.63) is 96.3 Å². The van der Waals surface area contributed by atoms with Gasteiger partial charge in [-0.25, -0.2) is 9.18 Å². The lowest BCUT2D eigenvalue weighted by atomic mass is 10.0. The first kappa shape index (κ1) is 24.6. The van der Waals surface area contributed by atoms with Crippen LogP contribution in [0.25, 0.3) is 10.8 Å². The van der Waals surface area contributed by atoms with E-state index in [1.807, 2.05) is 11.0 Å². The second kappa shape index (κ2) is 11.3. The van der Waals surface area contributed by atoms with Crippen LogP contribution in [0.2, 0.25) is 0 Å². The third-order valence-corrected chi connectivity index (χ3v) is 6.48. The van der Waals surface area contributed by atoms with Crippen molar-refractivity contribution in [3.63, 3.8) is 0 Å². The number of ether oxygens (including phenoxy) is 2. The summed E-state index contributed by atoms with van der Waals surface area (Å²) < 4.78 is 25.7. The number of nitrogens with one attached hydrogen (secondary N) is 1. The number of nitrogens with zero attached hydrogens (tertiary/aromatic N) is 1. The number of hydrogen-bond acceptors (Lipinski definition) is 5. The van der Waals surface area contributed by atoms with Gasteiger partial charge in [-0.2, -0.15) is 0 Å². The fourth-order valence-electron chi connectivity index (χ4n) is 4.72. The number of hydrogen-bond donors (Lipinski definition) is 2. The molecule has 6 nitrogen and oxygen atoms in total. The van der Waals surface area contributed by atoms with Crippen molar-refractivity contribution in [1.82, 2.24) is 5.32 Å². The summed E-state index contributed by atoms with van der Waals surface area (Å²) in [6.07, 6.45) is 1.61. The van der Waals surface area contributed by atoms with Gasteiger partial charge < -0.3 is 24.8 Å². The molecule has 0 saturated heterocycles. The Labute approximate surface area is 215 Å². The normalized spacial score (nSPS) is 14.7. The molecule has 4 aromatic rings. The summed E-state index contributed by atoms with van der Waals surface area (Å²) in [5.41, 5.74) is 2.74. The predicted octanol–water partition coefficient (Wildman–Crippen LogP) is 5.56. The van der Waals surface area contributed by atoms with Gasteiger partial charge in [-0.3, -0.25) is 0 Å². The molecule has 0 aromatic heterocycles. The average Bonchev–Trinajstić information content (AvgIpc) is 2.91. The van der Waals surface area contributed by atoms with Gasteiger partial charge in [0.2, 0.25) is 0 Å². The van der Waals surface area contributed by atoms with Gasteiger partial charge in [0, 0.05) is 17.8 Å². The molecule has 5 rings (SSSR count). The number of anilines is 2. The van der Waals surface area contributed by atoms with Crippen LogP contribution in [0, 0.1) is 5.82 Å². The van der Waals surface area contributed by atoms with Crippen molar-refractivity contribution in [3.8, 4) is 11.5 Å². The fraction of sp³-hybridized carbons (Fsp3) is 0.233. The van der Waals surface area contributed by atoms with E-state index in [0.29, 0.717) is 23.7 Å². The molecule has 190 valence electrons. The van der Waals surface area contributed by atoms with Crippen LogP contribution in [0.15, 0.2) is 84.9 Å². The molecule has 0 unspecified atom stereocenters. The van der Waals surface area contributed by atoms with E-state index in [4.69, 9.17) is 14.6 Å². The number of carbonyl (C=O) groups is 1. The molecule has 0 bridgehead atoms. The maximum atomic E-state index is 14.1. The van der Waals surface area contributed by atoms with E-state index in [2.05, 4.69) is 47.8 Å². The molecule has 0 aliphatic carbocycles. The summed E-state index contributed by atoms with van der Waals surface area (Å²) >= 11 is 0. The van der Waals surface area contributed by atoms with Crippen molar-refractivity contribution in [2.24, 2.45) is 0 Å². The Hall–Kier alpha value is -4.10. The fourth-order valence-corrected chi connectivity index (χ4v) is 4.72. The monoisotopic (exact) mass is 500 g/mol. The van der Waals surface area contributed by atoms with Gasteiger partial charge in [-0.15, -0.1) is 0 Å². The molecule has 0 spiro atoms. The first-order valence-corrected chi connectivity index (χ1v) is 12.4. The van der Waals surface area contributed by atoms with Gasteiger partial charge in [0.1, 0.15) is 23.4 Å². The topological polar surface area (TPSA) is 71.0 Å². The number of aliphatic carboxylic acids is 1. The molecule has 0 radical (unpaired) electrons. The Kier molecular flexibility index (Phi) is 7.51. The number of carboxylic acids is 1. The largest absolute Gasteiger partial charge is 0.486 e. The van der Waals surface area contributed by atoms with Crippen molar-refractivity contribution < 1.29 is 23.8 Å². The lowest BCUT2D eigenvalue weighted by Crippen LogP contribution is -2.39. The predicted molar refractivity (Wildman–Crippen MR) is 143 cm³/mol. The molecule has 1 atom stereocenters. The Morgan fingerprint density at radius 2 is 1.86 bits per heavy atom. The van der Waals surface area contributed by atoms with Gasteiger partial charge >= 0.3 is 5.97 Å². The number of benzene rings is 4. The van der Waals surface area contributed by atoms with E-state index in [1.54, 1.807) is 24.3 Å². The first-order valence-electron chi connectivity index (χ1n) is 12.4.